The predicted octanol–water partition coefficient (Wildman–Crippen LogP) is 5.38. The zero-order chi connectivity index (χ0) is 14.7. The summed E-state index contributed by atoms with van der Waals surface area (Å²) in [4.78, 5) is 0. The van der Waals surface area contributed by atoms with Crippen molar-refractivity contribution in [1.29, 1.82) is 0 Å². The highest BCUT2D eigenvalue weighted by Gasteiger charge is 2.32. The molecule has 0 aliphatic carbocycles. The summed E-state index contributed by atoms with van der Waals surface area (Å²) < 4.78 is 11.7. The van der Waals surface area contributed by atoms with Crippen LogP contribution in [0.25, 0.3) is 0 Å². The molecule has 0 rings (SSSR count). The van der Waals surface area contributed by atoms with E-state index in [2.05, 4.69) is 34.6 Å². The second kappa shape index (κ2) is 10.9. The first-order chi connectivity index (χ1) is 8.93. The van der Waals surface area contributed by atoms with Crippen LogP contribution in [0.4, 0.5) is 0 Å². The van der Waals surface area contributed by atoms with Gasteiger partial charge in [-0.05, 0) is 18.3 Å². The Morgan fingerprint density at radius 3 is 1.74 bits per heavy atom. The van der Waals surface area contributed by atoms with Gasteiger partial charge in [0.25, 0.3) is 0 Å². The second-order valence-electron chi connectivity index (χ2n) is 6.29. The lowest BCUT2D eigenvalue weighted by Gasteiger charge is -2.34. The van der Waals surface area contributed by atoms with Gasteiger partial charge in [-0.15, -0.1) is 0 Å². The number of alkyl halides is 1. The summed E-state index contributed by atoms with van der Waals surface area (Å²) >= 11 is 6.38. The van der Waals surface area contributed by atoms with E-state index in [-0.39, 0.29) is 17.1 Å². The zero-order valence-electron chi connectivity index (χ0n) is 13.5. The number of rotatable bonds is 11. The lowest BCUT2D eigenvalue weighted by molar-refractivity contribution is -0.0877. The van der Waals surface area contributed by atoms with E-state index in [4.69, 9.17) is 21.1 Å². The van der Waals surface area contributed by atoms with Crippen LogP contribution in [-0.4, -0.2) is 24.9 Å². The lowest BCUT2D eigenvalue weighted by Crippen LogP contribution is -2.39. The van der Waals surface area contributed by atoms with Gasteiger partial charge in [0.15, 0.2) is 5.56 Å². The molecule has 0 radical (unpaired) electrons. The molecule has 116 valence electrons. The molecule has 2 nitrogen and oxygen atoms in total. The van der Waals surface area contributed by atoms with Crippen molar-refractivity contribution in [2.45, 2.75) is 84.8 Å². The van der Waals surface area contributed by atoms with Crippen LogP contribution in [0, 0.1) is 5.41 Å². The highest BCUT2D eigenvalue weighted by atomic mass is 35.5. The van der Waals surface area contributed by atoms with Crippen molar-refractivity contribution in [3.8, 4) is 0 Å². The van der Waals surface area contributed by atoms with Gasteiger partial charge in [0.1, 0.15) is 6.10 Å². The molecule has 3 heteroatoms. The molecule has 0 aromatic heterocycles. The molecule has 2 atom stereocenters. The molecule has 0 aliphatic heterocycles. The fourth-order valence-corrected chi connectivity index (χ4v) is 2.46. The van der Waals surface area contributed by atoms with Crippen LogP contribution < -0.4 is 0 Å². The number of hydrogen-bond donors (Lipinski definition) is 0. The maximum absolute atomic E-state index is 6.38. The molecular weight excluding hydrogens is 260 g/mol. The minimum absolute atomic E-state index is 0.00336. The molecule has 0 bridgehead atoms. The third-order valence-electron chi connectivity index (χ3n) is 3.16. The van der Waals surface area contributed by atoms with Crippen molar-refractivity contribution in [2.24, 2.45) is 5.41 Å². The lowest BCUT2D eigenvalue weighted by atomic mass is 9.89. The number of unbranched alkanes of at least 4 members (excludes halogenated alkanes) is 4. The van der Waals surface area contributed by atoms with Crippen molar-refractivity contribution in [3.63, 3.8) is 0 Å². The van der Waals surface area contributed by atoms with E-state index >= 15 is 0 Å². The van der Waals surface area contributed by atoms with Crippen molar-refractivity contribution in [2.75, 3.05) is 13.2 Å². The highest BCUT2D eigenvalue weighted by Crippen LogP contribution is 2.28. The van der Waals surface area contributed by atoms with Gasteiger partial charge in [0, 0.05) is 13.2 Å². The summed E-state index contributed by atoms with van der Waals surface area (Å²) in [5.74, 6) is 0. The van der Waals surface area contributed by atoms with Crippen LogP contribution in [-0.2, 0) is 9.47 Å². The smallest absolute Gasteiger partial charge is 0.157 e. The van der Waals surface area contributed by atoms with Crippen LogP contribution >= 0.6 is 11.6 Å². The van der Waals surface area contributed by atoms with E-state index in [0.29, 0.717) is 0 Å². The molecule has 0 amide bonds. The number of ether oxygens (including phenoxy) is 2. The van der Waals surface area contributed by atoms with Crippen LogP contribution in [0.1, 0.15) is 73.1 Å². The third-order valence-corrected chi connectivity index (χ3v) is 3.52. The maximum atomic E-state index is 6.38. The van der Waals surface area contributed by atoms with Gasteiger partial charge in [0.05, 0.1) is 0 Å². The van der Waals surface area contributed by atoms with E-state index < -0.39 is 0 Å². The van der Waals surface area contributed by atoms with Crippen LogP contribution in [0.2, 0.25) is 0 Å². The number of halogens is 1. The van der Waals surface area contributed by atoms with Crippen LogP contribution in [0.5, 0.6) is 0 Å². The molecule has 0 aromatic carbocycles. The summed E-state index contributed by atoms with van der Waals surface area (Å²) in [7, 11) is 0. The Balaban J connectivity index is 4.09. The summed E-state index contributed by atoms with van der Waals surface area (Å²) in [6.45, 7) is 12.4. The van der Waals surface area contributed by atoms with E-state index in [0.717, 1.165) is 26.1 Å². The normalized spacial score (nSPS) is 15.5. The first-order valence-corrected chi connectivity index (χ1v) is 8.24. The SMILES string of the molecule is CCCCCOC(Cl)C(OCCCCC)C(C)(C)C. The summed E-state index contributed by atoms with van der Waals surface area (Å²) in [6.07, 6.45) is 6.94. The summed E-state index contributed by atoms with van der Waals surface area (Å²) in [6, 6.07) is 0. The van der Waals surface area contributed by atoms with Crippen LogP contribution in [0.3, 0.4) is 0 Å². The average molecular weight is 293 g/mol. The predicted molar refractivity (Wildman–Crippen MR) is 83.8 cm³/mol. The Kier molecular flexibility index (Phi) is 11.1. The second-order valence-corrected chi connectivity index (χ2v) is 6.72. The van der Waals surface area contributed by atoms with Crippen molar-refractivity contribution >= 4 is 11.6 Å². The molecule has 2 unspecified atom stereocenters. The van der Waals surface area contributed by atoms with Gasteiger partial charge >= 0.3 is 0 Å². The first-order valence-electron chi connectivity index (χ1n) is 7.80. The molecule has 0 aliphatic rings. The van der Waals surface area contributed by atoms with Gasteiger partial charge < -0.3 is 9.47 Å². The first kappa shape index (κ1) is 19.2. The molecule has 0 saturated carbocycles. The zero-order valence-corrected chi connectivity index (χ0v) is 14.3. The average Bonchev–Trinajstić information content (AvgIpc) is 2.33. The molecule has 0 saturated heterocycles. The molecule has 19 heavy (non-hydrogen) atoms. The van der Waals surface area contributed by atoms with Gasteiger partial charge in [-0.3, -0.25) is 0 Å². The summed E-state index contributed by atoms with van der Waals surface area (Å²) in [5, 5.41) is 0. The van der Waals surface area contributed by atoms with E-state index in [9.17, 15) is 0 Å². The Bertz CT molecular complexity index is 201. The Hall–Kier alpha value is 0.210. The highest BCUT2D eigenvalue weighted by molar-refractivity contribution is 6.20. The van der Waals surface area contributed by atoms with Gasteiger partial charge in [0.2, 0.25) is 0 Å². The molecule has 0 heterocycles. The molecule has 0 N–H and O–H groups in total. The van der Waals surface area contributed by atoms with Crippen molar-refractivity contribution < 1.29 is 9.47 Å². The molecule has 0 aromatic rings. The fraction of sp³-hybridized carbons (Fsp3) is 1.00. The van der Waals surface area contributed by atoms with Gasteiger partial charge in [-0.25, -0.2) is 0 Å². The molecule has 0 spiro atoms. The monoisotopic (exact) mass is 292 g/mol. The minimum atomic E-state index is -0.349. The molecule has 0 fully saturated rings. The maximum Gasteiger partial charge on any atom is 0.157 e. The van der Waals surface area contributed by atoms with E-state index in [1.807, 2.05) is 0 Å². The minimum Gasteiger partial charge on any atom is -0.374 e. The van der Waals surface area contributed by atoms with Crippen LogP contribution in [0.15, 0.2) is 0 Å². The third kappa shape index (κ3) is 9.70. The quantitative estimate of drug-likeness (QED) is 0.376. The van der Waals surface area contributed by atoms with Crippen molar-refractivity contribution in [1.82, 2.24) is 0 Å². The van der Waals surface area contributed by atoms with Gasteiger partial charge in [-0.1, -0.05) is 71.9 Å². The van der Waals surface area contributed by atoms with Crippen molar-refractivity contribution in [3.05, 3.63) is 0 Å². The number of hydrogen-bond acceptors (Lipinski definition) is 2. The largest absolute Gasteiger partial charge is 0.374 e. The molecular formula is C16H33ClO2. The Labute approximate surface area is 125 Å². The summed E-state index contributed by atoms with van der Waals surface area (Å²) in [5.41, 5.74) is -0.345. The Morgan fingerprint density at radius 2 is 1.32 bits per heavy atom. The van der Waals surface area contributed by atoms with Gasteiger partial charge in [-0.2, -0.15) is 0 Å². The fourth-order valence-electron chi connectivity index (χ4n) is 1.92. The topological polar surface area (TPSA) is 18.5 Å². The van der Waals surface area contributed by atoms with E-state index in [1.165, 1.54) is 25.7 Å². The standard InChI is InChI=1S/C16H33ClO2/c1-6-8-10-12-18-14(16(3,4)5)15(17)19-13-11-9-7-2/h14-15H,6-13H2,1-5H3. The van der Waals surface area contributed by atoms with E-state index in [1.54, 1.807) is 0 Å². The Morgan fingerprint density at radius 1 is 0.842 bits per heavy atom.